The number of anilines is 1. The summed E-state index contributed by atoms with van der Waals surface area (Å²) in [6.45, 7) is 3.01. The molecule has 0 spiro atoms. The van der Waals surface area contributed by atoms with Crippen LogP contribution in [0.4, 0.5) is 18.9 Å². The van der Waals surface area contributed by atoms with Crippen molar-refractivity contribution in [3.8, 4) is 5.75 Å². The molecule has 0 fully saturated rings. The number of hydrogen-bond donors (Lipinski definition) is 1. The molecule has 0 atom stereocenters. The van der Waals surface area contributed by atoms with Crippen molar-refractivity contribution in [2.75, 3.05) is 5.32 Å². The zero-order valence-corrected chi connectivity index (χ0v) is 14.7. The molecule has 140 valence electrons. The van der Waals surface area contributed by atoms with Crippen molar-refractivity contribution < 1.29 is 31.1 Å². The number of amides is 1. The first kappa shape index (κ1) is 19.8. The molecule has 1 amide bonds. The van der Waals surface area contributed by atoms with Crippen LogP contribution >= 0.6 is 0 Å². The number of halogens is 3. The molecule has 0 saturated carbocycles. The summed E-state index contributed by atoms with van der Waals surface area (Å²) >= 11 is 0. The van der Waals surface area contributed by atoms with Crippen LogP contribution in [0.25, 0.3) is 0 Å². The van der Waals surface area contributed by atoms with Crippen LogP contribution in [0.3, 0.4) is 0 Å². The maximum absolute atomic E-state index is 12.4. The summed E-state index contributed by atoms with van der Waals surface area (Å²) in [4.78, 5) is 12.3. The Morgan fingerprint density at radius 1 is 1.04 bits per heavy atom. The Morgan fingerprint density at radius 2 is 1.62 bits per heavy atom. The van der Waals surface area contributed by atoms with Crippen LogP contribution in [0, 0.1) is 0 Å². The number of rotatable bonds is 5. The van der Waals surface area contributed by atoms with Crippen molar-refractivity contribution >= 4 is 21.4 Å². The van der Waals surface area contributed by atoms with Gasteiger partial charge >= 0.3 is 6.36 Å². The zero-order valence-electron chi connectivity index (χ0n) is 13.9. The summed E-state index contributed by atoms with van der Waals surface area (Å²) in [5.74, 6) is -1.12. The van der Waals surface area contributed by atoms with Crippen LogP contribution in [0.1, 0.15) is 24.2 Å². The first-order chi connectivity index (χ1) is 12.0. The predicted molar refractivity (Wildman–Crippen MR) is 89.8 cm³/mol. The molecule has 0 bridgehead atoms. The minimum atomic E-state index is -4.81. The van der Waals surface area contributed by atoms with Gasteiger partial charge in [-0.15, -0.1) is 13.2 Å². The molecule has 0 aliphatic carbocycles. The lowest BCUT2D eigenvalue weighted by Gasteiger charge is -2.13. The molecule has 9 heteroatoms. The fourth-order valence-corrected chi connectivity index (χ4v) is 3.34. The maximum atomic E-state index is 12.4. The molecule has 26 heavy (non-hydrogen) atoms. The lowest BCUT2D eigenvalue weighted by atomic mass is 10.2. The maximum Gasteiger partial charge on any atom is 0.573 e. The lowest BCUT2D eigenvalue weighted by Crippen LogP contribution is -2.21. The average Bonchev–Trinajstić information content (AvgIpc) is 2.55. The van der Waals surface area contributed by atoms with Gasteiger partial charge in [-0.05, 0) is 50.2 Å². The molecule has 2 rings (SSSR count). The summed E-state index contributed by atoms with van der Waals surface area (Å²) in [6, 6.07) is 10.3. The number of sulfone groups is 1. The number of alkyl halides is 3. The van der Waals surface area contributed by atoms with E-state index < -0.39 is 33.1 Å². The fraction of sp³-hybridized carbons (Fsp3) is 0.235. The van der Waals surface area contributed by atoms with E-state index in [1.807, 2.05) is 0 Å². The number of carbonyl (C=O) groups is 1. The first-order valence-electron chi connectivity index (χ1n) is 7.51. The summed E-state index contributed by atoms with van der Waals surface area (Å²) in [7, 11) is -3.68. The van der Waals surface area contributed by atoms with Crippen LogP contribution in [0.2, 0.25) is 0 Å². The van der Waals surface area contributed by atoms with E-state index in [-0.39, 0.29) is 16.1 Å². The smallest absolute Gasteiger partial charge is 0.406 e. The molecule has 0 radical (unpaired) electrons. The molecular formula is C17H16F3NO4S. The zero-order chi connectivity index (χ0) is 19.5. The van der Waals surface area contributed by atoms with E-state index >= 15 is 0 Å². The summed E-state index contributed by atoms with van der Waals surface area (Å²) < 4.78 is 65.0. The van der Waals surface area contributed by atoms with Crippen molar-refractivity contribution in [3.63, 3.8) is 0 Å². The highest BCUT2D eigenvalue weighted by Crippen LogP contribution is 2.25. The monoisotopic (exact) mass is 387 g/mol. The molecule has 0 saturated heterocycles. The second kappa shape index (κ2) is 7.36. The van der Waals surface area contributed by atoms with Crippen LogP contribution < -0.4 is 10.1 Å². The molecule has 5 nitrogen and oxygen atoms in total. The average molecular weight is 387 g/mol. The van der Waals surface area contributed by atoms with E-state index in [0.717, 1.165) is 12.1 Å². The predicted octanol–water partition coefficient (Wildman–Crippen LogP) is 4.02. The van der Waals surface area contributed by atoms with Crippen LogP contribution in [0.5, 0.6) is 5.75 Å². The third kappa shape index (κ3) is 4.75. The highest BCUT2D eigenvalue weighted by molar-refractivity contribution is 7.92. The Morgan fingerprint density at radius 3 is 2.15 bits per heavy atom. The Labute approximate surface area is 148 Å². The van der Waals surface area contributed by atoms with E-state index in [4.69, 9.17) is 0 Å². The molecule has 0 aliphatic rings. The van der Waals surface area contributed by atoms with Crippen LogP contribution in [-0.4, -0.2) is 25.9 Å². The van der Waals surface area contributed by atoms with Gasteiger partial charge in [-0.25, -0.2) is 8.42 Å². The lowest BCUT2D eigenvalue weighted by molar-refractivity contribution is -0.274. The standard InChI is InChI=1S/C17H16F3NO4S/c1-11(2)26(23,24)15-6-4-3-5-14(15)16(22)21-12-7-9-13(10-8-12)25-17(18,19)20/h3-11H,1-2H3,(H,21,22). The van der Waals surface area contributed by atoms with Gasteiger partial charge in [0.25, 0.3) is 5.91 Å². The van der Waals surface area contributed by atoms with Crippen molar-refractivity contribution in [1.82, 2.24) is 0 Å². The second-order valence-corrected chi connectivity index (χ2v) is 8.09. The highest BCUT2D eigenvalue weighted by Gasteiger charge is 2.31. The molecule has 2 aromatic rings. The fourth-order valence-electron chi connectivity index (χ4n) is 2.09. The van der Waals surface area contributed by atoms with Crippen molar-refractivity contribution in [2.24, 2.45) is 0 Å². The molecule has 2 aromatic carbocycles. The Balaban J connectivity index is 2.24. The van der Waals surface area contributed by atoms with Gasteiger partial charge < -0.3 is 10.1 Å². The van der Waals surface area contributed by atoms with Gasteiger partial charge in [-0.2, -0.15) is 0 Å². The number of benzene rings is 2. The minimum absolute atomic E-state index is 0.0446. The second-order valence-electron chi connectivity index (χ2n) is 5.62. The van der Waals surface area contributed by atoms with E-state index in [9.17, 15) is 26.4 Å². The van der Waals surface area contributed by atoms with E-state index in [2.05, 4.69) is 10.1 Å². The Bertz CT molecular complexity index is 891. The van der Waals surface area contributed by atoms with Crippen molar-refractivity contribution in [2.45, 2.75) is 30.4 Å². The summed E-state index contributed by atoms with van der Waals surface area (Å²) in [6.07, 6.45) is -4.81. The molecule has 1 N–H and O–H groups in total. The van der Waals surface area contributed by atoms with E-state index in [0.29, 0.717) is 0 Å². The molecule has 0 heterocycles. The third-order valence-electron chi connectivity index (χ3n) is 3.40. The van der Waals surface area contributed by atoms with Gasteiger partial charge in [0.05, 0.1) is 15.7 Å². The summed E-state index contributed by atoms with van der Waals surface area (Å²) in [5.41, 5.74) is 0.151. The minimum Gasteiger partial charge on any atom is -0.406 e. The first-order valence-corrected chi connectivity index (χ1v) is 9.05. The quantitative estimate of drug-likeness (QED) is 0.841. The van der Waals surface area contributed by atoms with Gasteiger partial charge in [0.1, 0.15) is 5.75 Å². The molecule has 0 unspecified atom stereocenters. The normalized spacial score (nSPS) is 12.1. The number of carbonyl (C=O) groups excluding carboxylic acids is 1. The van der Waals surface area contributed by atoms with Crippen molar-refractivity contribution in [3.05, 3.63) is 54.1 Å². The number of ether oxygens (including phenoxy) is 1. The summed E-state index contributed by atoms with van der Waals surface area (Å²) in [5, 5.41) is 1.75. The number of hydrogen-bond acceptors (Lipinski definition) is 4. The number of nitrogens with one attached hydrogen (secondary N) is 1. The van der Waals surface area contributed by atoms with Crippen molar-refractivity contribution in [1.29, 1.82) is 0 Å². The van der Waals surface area contributed by atoms with Gasteiger partial charge in [0.2, 0.25) is 0 Å². The van der Waals surface area contributed by atoms with Crippen LogP contribution in [0.15, 0.2) is 53.4 Å². The van der Waals surface area contributed by atoms with Gasteiger partial charge in [0, 0.05) is 5.69 Å². The van der Waals surface area contributed by atoms with Gasteiger partial charge in [0.15, 0.2) is 9.84 Å². The van der Waals surface area contributed by atoms with E-state index in [1.54, 1.807) is 0 Å². The molecule has 0 aliphatic heterocycles. The largest absolute Gasteiger partial charge is 0.573 e. The third-order valence-corrected chi connectivity index (χ3v) is 5.61. The van der Waals surface area contributed by atoms with E-state index in [1.165, 1.54) is 50.2 Å². The molecular weight excluding hydrogens is 371 g/mol. The topological polar surface area (TPSA) is 72.5 Å². The van der Waals surface area contributed by atoms with Gasteiger partial charge in [-0.3, -0.25) is 4.79 Å². The Kier molecular flexibility index (Phi) is 5.60. The van der Waals surface area contributed by atoms with Crippen LogP contribution in [-0.2, 0) is 9.84 Å². The SMILES string of the molecule is CC(C)S(=O)(=O)c1ccccc1C(=O)Nc1ccc(OC(F)(F)F)cc1. The highest BCUT2D eigenvalue weighted by atomic mass is 32.2. The Hall–Kier alpha value is -2.55. The molecule has 0 aromatic heterocycles. The van der Waals surface area contributed by atoms with Gasteiger partial charge in [-0.1, -0.05) is 12.1 Å².